The first-order valence-corrected chi connectivity index (χ1v) is 6.55. The molecule has 0 spiro atoms. The van der Waals surface area contributed by atoms with Gasteiger partial charge in [0, 0.05) is 12.5 Å². The van der Waals surface area contributed by atoms with Crippen LogP contribution < -0.4 is 10.6 Å². The summed E-state index contributed by atoms with van der Waals surface area (Å²) in [5, 5.41) is 6.43. The molecule has 1 amide bonds. The van der Waals surface area contributed by atoms with E-state index in [0.717, 1.165) is 12.1 Å². The molecule has 0 saturated heterocycles. The highest BCUT2D eigenvalue weighted by atomic mass is 35.5. The Morgan fingerprint density at radius 1 is 1.50 bits per heavy atom. The van der Waals surface area contributed by atoms with Crippen LogP contribution in [0.5, 0.6) is 0 Å². The lowest BCUT2D eigenvalue weighted by Crippen LogP contribution is -2.30. The van der Waals surface area contributed by atoms with Gasteiger partial charge >= 0.3 is 0 Å². The van der Waals surface area contributed by atoms with Crippen molar-refractivity contribution in [2.45, 2.75) is 20.8 Å². The van der Waals surface area contributed by atoms with Crippen molar-refractivity contribution >= 4 is 34.8 Å². The Hall–Kier alpha value is -0.840. The molecule has 18 heavy (non-hydrogen) atoms. The van der Waals surface area contributed by atoms with Crippen LogP contribution in [0.4, 0.5) is 5.69 Å². The van der Waals surface area contributed by atoms with Crippen LogP contribution in [0.25, 0.3) is 0 Å². The van der Waals surface area contributed by atoms with Crippen molar-refractivity contribution in [2.75, 3.05) is 18.4 Å². The molecule has 0 saturated carbocycles. The fourth-order valence-electron chi connectivity index (χ4n) is 1.45. The number of halogens is 2. The Morgan fingerprint density at radius 3 is 2.72 bits per heavy atom. The number of carbonyl (C=O) groups is 1. The fourth-order valence-corrected chi connectivity index (χ4v) is 2.02. The number of aryl methyl sites for hydroxylation is 1. The zero-order chi connectivity index (χ0) is 13.7. The molecule has 0 radical (unpaired) electrons. The molecule has 1 aromatic rings. The van der Waals surface area contributed by atoms with Gasteiger partial charge in [-0.1, -0.05) is 37.0 Å². The quantitative estimate of drug-likeness (QED) is 0.820. The molecule has 4 nitrogen and oxygen atoms in total. The summed E-state index contributed by atoms with van der Waals surface area (Å²) in [6.45, 7) is 7.13. The number of pyridine rings is 1. The van der Waals surface area contributed by atoms with E-state index in [1.807, 2.05) is 20.8 Å². The van der Waals surface area contributed by atoms with Gasteiger partial charge in [-0.05, 0) is 25.1 Å². The third-order valence-electron chi connectivity index (χ3n) is 2.54. The lowest BCUT2D eigenvalue weighted by Gasteiger charge is -2.14. The van der Waals surface area contributed by atoms with Crippen LogP contribution in [0.2, 0.25) is 10.3 Å². The summed E-state index contributed by atoms with van der Waals surface area (Å²) in [5.41, 5.74) is 1.32. The van der Waals surface area contributed by atoms with Gasteiger partial charge in [-0.3, -0.25) is 4.79 Å². The molecule has 1 heterocycles. The van der Waals surface area contributed by atoms with Gasteiger partial charge in [0.2, 0.25) is 5.91 Å². The van der Waals surface area contributed by atoms with Crippen LogP contribution in [0.1, 0.15) is 19.4 Å². The second-order valence-corrected chi connectivity index (χ2v) is 4.87. The van der Waals surface area contributed by atoms with Crippen molar-refractivity contribution in [2.24, 2.45) is 5.92 Å². The van der Waals surface area contributed by atoms with Gasteiger partial charge < -0.3 is 10.6 Å². The highest BCUT2D eigenvalue weighted by molar-refractivity contribution is 6.34. The van der Waals surface area contributed by atoms with Crippen LogP contribution in [0.15, 0.2) is 6.07 Å². The number of carbonyl (C=O) groups excluding carboxylic acids is 1. The average molecular weight is 290 g/mol. The van der Waals surface area contributed by atoms with E-state index >= 15 is 0 Å². The summed E-state index contributed by atoms with van der Waals surface area (Å²) >= 11 is 11.7. The van der Waals surface area contributed by atoms with Gasteiger partial charge in [0.15, 0.2) is 5.15 Å². The Labute approximate surface area is 117 Å². The van der Waals surface area contributed by atoms with E-state index in [2.05, 4.69) is 15.6 Å². The Morgan fingerprint density at radius 2 is 2.17 bits per heavy atom. The zero-order valence-electron chi connectivity index (χ0n) is 10.7. The SMILES string of the molecule is CCNCC(C)C(=O)Nc1c(C)cc(Cl)nc1Cl. The van der Waals surface area contributed by atoms with Crippen LogP contribution in [0.3, 0.4) is 0 Å². The number of amides is 1. The van der Waals surface area contributed by atoms with Gasteiger partial charge in [0.1, 0.15) is 5.15 Å². The highest BCUT2D eigenvalue weighted by Crippen LogP contribution is 2.26. The molecule has 0 aliphatic rings. The Bertz CT molecular complexity index is 414. The van der Waals surface area contributed by atoms with E-state index in [1.165, 1.54) is 0 Å². The second-order valence-electron chi connectivity index (χ2n) is 4.13. The molecule has 0 bridgehead atoms. The molecule has 1 unspecified atom stereocenters. The van der Waals surface area contributed by atoms with Gasteiger partial charge in [-0.15, -0.1) is 0 Å². The van der Waals surface area contributed by atoms with Crippen LogP contribution in [-0.2, 0) is 4.79 Å². The molecule has 0 aliphatic carbocycles. The van der Waals surface area contributed by atoms with E-state index in [1.54, 1.807) is 6.07 Å². The maximum Gasteiger partial charge on any atom is 0.228 e. The first-order valence-electron chi connectivity index (χ1n) is 5.80. The largest absolute Gasteiger partial charge is 0.323 e. The minimum Gasteiger partial charge on any atom is -0.323 e. The second kappa shape index (κ2) is 6.92. The summed E-state index contributed by atoms with van der Waals surface area (Å²) in [6.07, 6.45) is 0. The Balaban J connectivity index is 2.76. The smallest absolute Gasteiger partial charge is 0.228 e. The lowest BCUT2D eigenvalue weighted by atomic mass is 10.1. The minimum atomic E-state index is -0.143. The van der Waals surface area contributed by atoms with Gasteiger partial charge in [-0.25, -0.2) is 4.98 Å². The predicted molar refractivity (Wildman–Crippen MR) is 75.3 cm³/mol. The number of hydrogen-bond donors (Lipinski definition) is 2. The summed E-state index contributed by atoms with van der Waals surface area (Å²) in [5.74, 6) is -0.235. The monoisotopic (exact) mass is 289 g/mol. The van der Waals surface area contributed by atoms with Crippen LogP contribution >= 0.6 is 23.2 Å². The summed E-state index contributed by atoms with van der Waals surface area (Å²) in [6, 6.07) is 1.66. The molecule has 0 aromatic carbocycles. The predicted octanol–water partition coefficient (Wildman–Crippen LogP) is 2.88. The summed E-state index contributed by atoms with van der Waals surface area (Å²) < 4.78 is 0. The zero-order valence-corrected chi connectivity index (χ0v) is 12.2. The lowest BCUT2D eigenvalue weighted by molar-refractivity contribution is -0.119. The highest BCUT2D eigenvalue weighted by Gasteiger charge is 2.16. The first-order chi connectivity index (χ1) is 8.45. The van der Waals surface area contributed by atoms with E-state index in [4.69, 9.17) is 23.2 Å². The van der Waals surface area contributed by atoms with Gasteiger partial charge in [0.25, 0.3) is 0 Å². The number of nitrogens with zero attached hydrogens (tertiary/aromatic N) is 1. The molecule has 0 aliphatic heterocycles. The minimum absolute atomic E-state index is 0.0925. The van der Waals surface area contributed by atoms with Gasteiger partial charge in [0.05, 0.1) is 5.69 Å². The third-order valence-corrected chi connectivity index (χ3v) is 3.00. The van der Waals surface area contributed by atoms with Crippen molar-refractivity contribution in [3.05, 3.63) is 21.9 Å². The number of hydrogen-bond acceptors (Lipinski definition) is 3. The number of rotatable bonds is 5. The van der Waals surface area contributed by atoms with E-state index < -0.39 is 0 Å². The topological polar surface area (TPSA) is 54.0 Å². The van der Waals surface area contributed by atoms with E-state index in [9.17, 15) is 4.79 Å². The van der Waals surface area contributed by atoms with Crippen molar-refractivity contribution in [3.63, 3.8) is 0 Å². The van der Waals surface area contributed by atoms with Gasteiger partial charge in [-0.2, -0.15) is 0 Å². The average Bonchev–Trinajstić information content (AvgIpc) is 2.30. The molecule has 1 aromatic heterocycles. The van der Waals surface area contributed by atoms with E-state index in [0.29, 0.717) is 17.4 Å². The molecule has 1 rings (SSSR count). The van der Waals surface area contributed by atoms with Crippen molar-refractivity contribution in [1.82, 2.24) is 10.3 Å². The molecule has 1 atom stereocenters. The number of aromatic nitrogens is 1. The molecule has 2 N–H and O–H groups in total. The molecule has 0 fully saturated rings. The van der Waals surface area contributed by atoms with Crippen molar-refractivity contribution in [1.29, 1.82) is 0 Å². The van der Waals surface area contributed by atoms with Crippen molar-refractivity contribution < 1.29 is 4.79 Å². The van der Waals surface area contributed by atoms with Crippen LogP contribution in [-0.4, -0.2) is 24.0 Å². The number of anilines is 1. The van der Waals surface area contributed by atoms with E-state index in [-0.39, 0.29) is 17.0 Å². The van der Waals surface area contributed by atoms with Crippen LogP contribution in [0, 0.1) is 12.8 Å². The molecular formula is C12H17Cl2N3O. The maximum atomic E-state index is 11.9. The Kier molecular flexibility index (Phi) is 5.85. The standard InChI is InChI=1S/C12H17Cl2N3O/c1-4-15-6-8(3)12(18)17-10-7(2)5-9(13)16-11(10)14/h5,8,15H,4,6H2,1-3H3,(H,17,18). The summed E-state index contributed by atoms with van der Waals surface area (Å²) in [4.78, 5) is 15.8. The van der Waals surface area contributed by atoms with Crippen molar-refractivity contribution in [3.8, 4) is 0 Å². The summed E-state index contributed by atoms with van der Waals surface area (Å²) in [7, 11) is 0. The molecule has 100 valence electrons. The fraction of sp³-hybridized carbons (Fsp3) is 0.500. The first kappa shape index (κ1) is 15.2. The molecule has 6 heteroatoms. The normalized spacial score (nSPS) is 12.3. The molecular weight excluding hydrogens is 273 g/mol. The maximum absolute atomic E-state index is 11.9. The third kappa shape index (κ3) is 4.12. The number of nitrogens with one attached hydrogen (secondary N) is 2.